The second-order valence-electron chi connectivity index (χ2n) is 8.70. The SMILES string of the molecule is N=S(=O)(N[C@H]1CCC[C@H](N2c3ccccc3Oc3ccccc32)[C@H]1O)c1ccc(OC(F)(F)F)cc1. The third kappa shape index (κ3) is 4.86. The van der Waals surface area contributed by atoms with Crippen LogP contribution in [0.5, 0.6) is 17.2 Å². The van der Waals surface area contributed by atoms with E-state index >= 15 is 0 Å². The average molecular weight is 520 g/mol. The van der Waals surface area contributed by atoms with E-state index in [-0.39, 0.29) is 10.9 Å². The van der Waals surface area contributed by atoms with Crippen molar-refractivity contribution < 1.29 is 32.0 Å². The molecule has 3 N–H and O–H groups in total. The third-order valence-electron chi connectivity index (χ3n) is 6.33. The Kier molecular flexibility index (Phi) is 6.31. The van der Waals surface area contributed by atoms with Crippen molar-refractivity contribution >= 4 is 21.3 Å². The number of hydrogen-bond donors (Lipinski definition) is 3. The predicted octanol–water partition coefficient (Wildman–Crippen LogP) is 5.72. The fourth-order valence-corrected chi connectivity index (χ4v) is 6.11. The van der Waals surface area contributed by atoms with E-state index in [1.807, 2.05) is 53.4 Å². The average Bonchev–Trinajstić information content (AvgIpc) is 2.83. The molecule has 1 saturated carbocycles. The smallest absolute Gasteiger partial charge is 0.453 e. The lowest BCUT2D eigenvalue weighted by atomic mass is 9.86. The second kappa shape index (κ2) is 9.30. The van der Waals surface area contributed by atoms with Gasteiger partial charge in [0.25, 0.3) is 0 Å². The van der Waals surface area contributed by atoms with Crippen LogP contribution in [0.3, 0.4) is 0 Å². The zero-order valence-electron chi connectivity index (χ0n) is 18.9. The van der Waals surface area contributed by atoms with E-state index in [1.165, 1.54) is 0 Å². The van der Waals surface area contributed by atoms with Gasteiger partial charge in [-0.2, -0.15) is 0 Å². The number of alkyl halides is 3. The molecule has 3 aromatic rings. The maximum atomic E-state index is 13.2. The van der Waals surface area contributed by atoms with E-state index in [4.69, 9.17) is 9.52 Å². The highest BCUT2D eigenvalue weighted by Crippen LogP contribution is 2.49. The molecule has 0 radical (unpaired) electrons. The molecule has 1 heterocycles. The fourth-order valence-electron chi connectivity index (χ4n) is 4.77. The van der Waals surface area contributed by atoms with E-state index < -0.39 is 34.2 Å². The Morgan fingerprint density at radius 1 is 0.972 bits per heavy atom. The minimum atomic E-state index is -4.85. The van der Waals surface area contributed by atoms with Crippen LogP contribution in [-0.4, -0.2) is 33.9 Å². The number of anilines is 2. The molecule has 0 spiro atoms. The first kappa shape index (κ1) is 24.4. The van der Waals surface area contributed by atoms with Crippen molar-refractivity contribution in [3.8, 4) is 17.2 Å². The van der Waals surface area contributed by atoms with Gasteiger partial charge >= 0.3 is 6.36 Å². The molecule has 1 fully saturated rings. The van der Waals surface area contributed by atoms with E-state index in [1.54, 1.807) is 0 Å². The molecule has 0 saturated heterocycles. The van der Waals surface area contributed by atoms with Gasteiger partial charge in [0.15, 0.2) is 11.5 Å². The predicted molar refractivity (Wildman–Crippen MR) is 128 cm³/mol. The van der Waals surface area contributed by atoms with Gasteiger partial charge in [-0.05, 0) is 67.8 Å². The van der Waals surface area contributed by atoms with Crippen LogP contribution in [-0.2, 0) is 9.92 Å². The van der Waals surface area contributed by atoms with Crippen LogP contribution in [0.1, 0.15) is 19.3 Å². The largest absolute Gasteiger partial charge is 0.573 e. The van der Waals surface area contributed by atoms with Crippen LogP contribution in [0, 0.1) is 4.78 Å². The van der Waals surface area contributed by atoms with Gasteiger partial charge in [0.2, 0.25) is 0 Å². The maximum Gasteiger partial charge on any atom is 0.573 e. The summed E-state index contributed by atoms with van der Waals surface area (Å²) >= 11 is 0. The van der Waals surface area contributed by atoms with Crippen LogP contribution < -0.4 is 19.1 Å². The molecule has 5 rings (SSSR count). The van der Waals surface area contributed by atoms with Gasteiger partial charge < -0.3 is 19.5 Å². The zero-order valence-corrected chi connectivity index (χ0v) is 19.8. The quantitative estimate of drug-likeness (QED) is 0.401. The molecule has 7 nitrogen and oxygen atoms in total. The van der Waals surface area contributed by atoms with E-state index in [9.17, 15) is 22.5 Å². The number of halogens is 3. The van der Waals surface area contributed by atoms with Crippen molar-refractivity contribution in [3.05, 3.63) is 72.8 Å². The van der Waals surface area contributed by atoms with E-state index in [2.05, 4.69) is 9.46 Å². The van der Waals surface area contributed by atoms with Crippen molar-refractivity contribution in [1.29, 1.82) is 4.78 Å². The minimum absolute atomic E-state index is 0.00610. The lowest BCUT2D eigenvalue weighted by Gasteiger charge is -2.45. The van der Waals surface area contributed by atoms with Crippen LogP contribution in [0.15, 0.2) is 77.7 Å². The Balaban J connectivity index is 1.39. The normalized spacial score (nSPS) is 23.1. The van der Waals surface area contributed by atoms with Gasteiger partial charge in [0.05, 0.1) is 28.4 Å². The number of benzene rings is 3. The molecule has 0 aromatic heterocycles. The number of hydrogen-bond acceptors (Lipinski definition) is 6. The molecule has 2 aliphatic rings. The first-order valence-corrected chi connectivity index (χ1v) is 12.9. The third-order valence-corrected chi connectivity index (χ3v) is 7.90. The van der Waals surface area contributed by atoms with Crippen molar-refractivity contribution in [2.75, 3.05) is 4.90 Å². The topological polar surface area (TPSA) is 94.9 Å². The summed E-state index contributed by atoms with van der Waals surface area (Å²) in [5.41, 5.74) is 1.60. The number of aliphatic hydroxyl groups excluding tert-OH is 1. The zero-order chi connectivity index (χ0) is 25.5. The monoisotopic (exact) mass is 519 g/mol. The molecule has 3 aromatic carbocycles. The Morgan fingerprint density at radius 3 is 2.14 bits per heavy atom. The molecular formula is C25H24F3N3O4S. The van der Waals surface area contributed by atoms with Gasteiger partial charge in [-0.1, -0.05) is 24.3 Å². The summed E-state index contributed by atoms with van der Waals surface area (Å²) in [6, 6.07) is 18.3. The summed E-state index contributed by atoms with van der Waals surface area (Å²) in [4.78, 5) is 2.02. The fraction of sp³-hybridized carbons (Fsp3) is 0.280. The first-order chi connectivity index (χ1) is 17.1. The molecule has 190 valence electrons. The molecular weight excluding hydrogens is 495 g/mol. The van der Waals surface area contributed by atoms with Gasteiger partial charge in [0.1, 0.15) is 15.7 Å². The van der Waals surface area contributed by atoms with Gasteiger partial charge in [-0.25, -0.2) is 13.7 Å². The molecule has 0 bridgehead atoms. The van der Waals surface area contributed by atoms with Crippen LogP contribution in [0.4, 0.5) is 24.5 Å². The second-order valence-corrected chi connectivity index (χ2v) is 10.5. The van der Waals surface area contributed by atoms with Crippen LogP contribution >= 0.6 is 0 Å². The molecule has 4 atom stereocenters. The molecule has 11 heteroatoms. The number of para-hydroxylation sites is 4. The van der Waals surface area contributed by atoms with Crippen molar-refractivity contribution in [2.45, 2.75) is 48.7 Å². The Morgan fingerprint density at radius 2 is 1.56 bits per heavy atom. The molecule has 1 unspecified atom stereocenters. The Labute approximate surface area is 206 Å². The first-order valence-electron chi connectivity index (χ1n) is 11.4. The Hall–Kier alpha value is -3.28. The summed E-state index contributed by atoms with van der Waals surface area (Å²) in [6.45, 7) is 0. The van der Waals surface area contributed by atoms with Crippen LogP contribution in [0.25, 0.3) is 0 Å². The lowest BCUT2D eigenvalue weighted by molar-refractivity contribution is -0.274. The lowest BCUT2D eigenvalue weighted by Crippen LogP contribution is -2.55. The van der Waals surface area contributed by atoms with Crippen molar-refractivity contribution in [1.82, 2.24) is 4.72 Å². The number of aliphatic hydroxyl groups is 1. The summed E-state index contributed by atoms with van der Waals surface area (Å²) in [7, 11) is -3.62. The summed E-state index contributed by atoms with van der Waals surface area (Å²) in [6.07, 6.45) is -3.99. The highest BCUT2D eigenvalue weighted by Gasteiger charge is 2.40. The number of ether oxygens (including phenoxy) is 2. The molecule has 36 heavy (non-hydrogen) atoms. The van der Waals surface area contributed by atoms with E-state index in [0.29, 0.717) is 30.8 Å². The molecule has 0 amide bonds. The Bertz CT molecular complexity index is 1300. The standard InChI is InChI=1S/C25H24F3N3O4S/c26-25(27,28)35-16-12-14-17(15-13-16)36(29,33)30-18-6-5-9-21(24(18)32)31-19-7-1-3-10-22(19)34-23-11-4-2-8-20(23)31/h1-4,7-8,10-15,18,21,24,32H,5-6,9H2,(H2,29,30,33)/t18-,21-,24-,36?/m0/s1. The van der Waals surface area contributed by atoms with Gasteiger partial charge in [0, 0.05) is 6.04 Å². The summed E-state index contributed by atoms with van der Waals surface area (Å²) < 4.78 is 71.6. The molecule has 1 aliphatic heterocycles. The summed E-state index contributed by atoms with van der Waals surface area (Å²) in [5, 5.41) is 11.4. The number of nitrogens with zero attached hydrogens (tertiary/aromatic N) is 1. The van der Waals surface area contributed by atoms with E-state index in [0.717, 1.165) is 35.6 Å². The molecule has 1 aliphatic carbocycles. The minimum Gasteiger partial charge on any atom is -0.453 e. The van der Waals surface area contributed by atoms with Gasteiger partial charge in [-0.3, -0.25) is 0 Å². The highest BCUT2D eigenvalue weighted by atomic mass is 32.2. The van der Waals surface area contributed by atoms with Gasteiger partial charge in [-0.15, -0.1) is 13.2 Å². The highest BCUT2D eigenvalue weighted by molar-refractivity contribution is 7.90. The summed E-state index contributed by atoms with van der Waals surface area (Å²) in [5.74, 6) is 0.844. The van der Waals surface area contributed by atoms with Crippen molar-refractivity contribution in [3.63, 3.8) is 0 Å². The van der Waals surface area contributed by atoms with Crippen molar-refractivity contribution in [2.24, 2.45) is 0 Å². The number of fused-ring (bicyclic) bond motifs is 2. The number of nitrogens with one attached hydrogen (secondary N) is 2. The maximum absolute atomic E-state index is 13.2. The number of rotatable bonds is 5. The van der Waals surface area contributed by atoms with Crippen LogP contribution in [0.2, 0.25) is 0 Å².